The minimum absolute atomic E-state index is 0.169. The molecule has 1 unspecified atom stereocenters. The second-order valence-corrected chi connectivity index (χ2v) is 2.41. The van der Waals surface area contributed by atoms with Crippen molar-refractivity contribution in [3.63, 3.8) is 0 Å². The summed E-state index contributed by atoms with van der Waals surface area (Å²) in [6, 6.07) is 0. The molecule has 56 valence electrons. The van der Waals surface area contributed by atoms with Gasteiger partial charge in [0, 0.05) is 12.3 Å². The summed E-state index contributed by atoms with van der Waals surface area (Å²) >= 11 is 0. The predicted octanol–water partition coefficient (Wildman–Crippen LogP) is -0.355. The van der Waals surface area contributed by atoms with E-state index in [9.17, 15) is 9.59 Å². The van der Waals surface area contributed by atoms with Gasteiger partial charge in [-0.3, -0.25) is 9.59 Å². The van der Waals surface area contributed by atoms with Crippen molar-refractivity contribution in [2.24, 2.45) is 11.8 Å². The third-order valence-corrected chi connectivity index (χ3v) is 1.77. The number of imide groups is 1. The zero-order valence-corrected chi connectivity index (χ0v) is 5.83. The van der Waals surface area contributed by atoms with E-state index in [0.717, 1.165) is 0 Å². The van der Waals surface area contributed by atoms with E-state index in [1.807, 2.05) is 6.92 Å². The van der Waals surface area contributed by atoms with E-state index in [1.54, 1.807) is 0 Å². The molecule has 1 aliphatic rings. The lowest BCUT2D eigenvalue weighted by Gasteiger charge is -2.04. The van der Waals surface area contributed by atoms with Gasteiger partial charge in [-0.15, -0.1) is 0 Å². The van der Waals surface area contributed by atoms with Gasteiger partial charge in [0.25, 0.3) is 0 Å². The predicted molar refractivity (Wildman–Crippen MR) is 34.4 cm³/mol. The molecule has 0 radical (unpaired) electrons. The summed E-state index contributed by atoms with van der Waals surface area (Å²) in [6.45, 7) is 1.87. The van der Waals surface area contributed by atoms with E-state index in [1.165, 1.54) is 0 Å². The number of rotatable bonds is 1. The maximum atomic E-state index is 10.9. The highest BCUT2D eigenvalue weighted by atomic mass is 16.2. The molecule has 1 rings (SSSR count). The first kappa shape index (κ1) is 7.21. The van der Waals surface area contributed by atoms with Crippen molar-refractivity contribution in [1.29, 1.82) is 0 Å². The van der Waals surface area contributed by atoms with Crippen LogP contribution in [-0.2, 0) is 9.59 Å². The number of nitrogens with two attached hydrogens (primary N) is 1. The SMILES string of the molecule is CCC1CC(=O)N(N)C1=O. The Bertz CT molecular complexity index is 179. The van der Waals surface area contributed by atoms with Gasteiger partial charge >= 0.3 is 0 Å². The average molecular weight is 142 g/mol. The smallest absolute Gasteiger partial charge is 0.247 e. The Balaban J connectivity index is 2.71. The van der Waals surface area contributed by atoms with Gasteiger partial charge in [-0.2, -0.15) is 0 Å². The van der Waals surface area contributed by atoms with Crippen molar-refractivity contribution < 1.29 is 9.59 Å². The monoisotopic (exact) mass is 142 g/mol. The summed E-state index contributed by atoms with van der Waals surface area (Å²) in [5, 5.41) is 0.716. The number of nitrogens with zero attached hydrogens (tertiary/aromatic N) is 1. The van der Waals surface area contributed by atoms with Crippen molar-refractivity contribution in [2.75, 3.05) is 0 Å². The van der Waals surface area contributed by atoms with Crippen molar-refractivity contribution in [3.05, 3.63) is 0 Å². The third kappa shape index (κ3) is 0.903. The van der Waals surface area contributed by atoms with Gasteiger partial charge in [0.05, 0.1) is 0 Å². The van der Waals surface area contributed by atoms with Crippen molar-refractivity contribution in [2.45, 2.75) is 19.8 Å². The molecule has 0 aliphatic carbocycles. The Morgan fingerprint density at radius 3 is 2.50 bits per heavy atom. The molecular weight excluding hydrogens is 132 g/mol. The molecule has 0 spiro atoms. The first-order valence-electron chi connectivity index (χ1n) is 3.28. The topological polar surface area (TPSA) is 63.4 Å². The Labute approximate surface area is 59.0 Å². The van der Waals surface area contributed by atoms with Crippen LogP contribution in [0.4, 0.5) is 0 Å². The zero-order valence-electron chi connectivity index (χ0n) is 5.83. The Morgan fingerprint density at radius 1 is 1.70 bits per heavy atom. The van der Waals surface area contributed by atoms with E-state index in [4.69, 9.17) is 5.84 Å². The number of carbonyl (C=O) groups is 2. The highest BCUT2D eigenvalue weighted by Gasteiger charge is 2.35. The molecule has 0 aromatic carbocycles. The fraction of sp³-hybridized carbons (Fsp3) is 0.667. The van der Waals surface area contributed by atoms with Crippen LogP contribution >= 0.6 is 0 Å². The maximum Gasteiger partial charge on any atom is 0.247 e. The Morgan fingerprint density at radius 2 is 2.30 bits per heavy atom. The third-order valence-electron chi connectivity index (χ3n) is 1.77. The molecule has 1 fully saturated rings. The van der Waals surface area contributed by atoms with Crippen LogP contribution in [-0.4, -0.2) is 16.8 Å². The number of carbonyl (C=O) groups excluding carboxylic acids is 2. The molecular formula is C6H10N2O2. The molecule has 0 aromatic rings. The summed E-state index contributed by atoms with van der Waals surface area (Å²) in [6.07, 6.45) is 0.976. The molecule has 0 saturated carbocycles. The van der Waals surface area contributed by atoms with E-state index in [-0.39, 0.29) is 24.2 Å². The van der Waals surface area contributed by atoms with E-state index in [2.05, 4.69) is 0 Å². The molecule has 0 aromatic heterocycles. The lowest BCUT2D eigenvalue weighted by atomic mass is 10.1. The standard InChI is InChI=1S/C6H10N2O2/c1-2-4-3-5(9)8(7)6(4)10/h4H,2-3,7H2,1H3. The number of amides is 2. The number of hydrogen-bond donors (Lipinski definition) is 1. The highest BCUT2D eigenvalue weighted by molar-refractivity contribution is 6.02. The van der Waals surface area contributed by atoms with Gasteiger partial charge in [0.1, 0.15) is 0 Å². The van der Waals surface area contributed by atoms with Crippen LogP contribution in [0.5, 0.6) is 0 Å². The van der Waals surface area contributed by atoms with Crippen LogP contribution in [0.3, 0.4) is 0 Å². The van der Waals surface area contributed by atoms with Gasteiger partial charge < -0.3 is 0 Å². The lowest BCUT2D eigenvalue weighted by Crippen LogP contribution is -2.36. The molecule has 2 amide bonds. The zero-order chi connectivity index (χ0) is 7.72. The maximum absolute atomic E-state index is 10.9. The van der Waals surface area contributed by atoms with Crippen molar-refractivity contribution in [1.82, 2.24) is 5.01 Å². The molecule has 1 atom stereocenters. The van der Waals surface area contributed by atoms with Crippen LogP contribution in [0.25, 0.3) is 0 Å². The molecule has 1 aliphatic heterocycles. The fourth-order valence-electron chi connectivity index (χ4n) is 1.04. The van der Waals surface area contributed by atoms with Crippen LogP contribution in [0.15, 0.2) is 0 Å². The summed E-state index contributed by atoms with van der Waals surface area (Å²) < 4.78 is 0. The largest absolute Gasteiger partial charge is 0.273 e. The second kappa shape index (κ2) is 2.38. The normalized spacial score (nSPS) is 26.2. The van der Waals surface area contributed by atoms with Gasteiger partial charge in [-0.05, 0) is 6.42 Å². The number of hydrogen-bond acceptors (Lipinski definition) is 3. The molecule has 0 bridgehead atoms. The summed E-state index contributed by atoms with van der Waals surface area (Å²) in [4.78, 5) is 21.7. The summed E-state index contributed by atoms with van der Waals surface area (Å²) in [5.74, 6) is 4.44. The number of hydrazine groups is 1. The Hall–Kier alpha value is -0.900. The van der Waals surface area contributed by atoms with E-state index in [0.29, 0.717) is 11.4 Å². The molecule has 2 N–H and O–H groups in total. The molecule has 10 heavy (non-hydrogen) atoms. The van der Waals surface area contributed by atoms with E-state index >= 15 is 0 Å². The molecule has 1 saturated heterocycles. The lowest BCUT2D eigenvalue weighted by molar-refractivity contribution is -0.139. The fourth-order valence-corrected chi connectivity index (χ4v) is 1.04. The summed E-state index contributed by atoms with van der Waals surface area (Å²) in [7, 11) is 0. The summed E-state index contributed by atoms with van der Waals surface area (Å²) in [5.41, 5.74) is 0. The molecule has 4 heteroatoms. The average Bonchev–Trinajstić information content (AvgIpc) is 2.17. The van der Waals surface area contributed by atoms with Crippen LogP contribution in [0, 0.1) is 5.92 Å². The minimum Gasteiger partial charge on any atom is -0.273 e. The minimum atomic E-state index is -0.267. The van der Waals surface area contributed by atoms with Crippen molar-refractivity contribution in [3.8, 4) is 0 Å². The van der Waals surface area contributed by atoms with Gasteiger partial charge in [0.15, 0.2) is 0 Å². The van der Waals surface area contributed by atoms with Gasteiger partial charge in [0.2, 0.25) is 11.8 Å². The Kier molecular flexibility index (Phi) is 1.72. The van der Waals surface area contributed by atoms with Crippen LogP contribution < -0.4 is 5.84 Å². The first-order chi connectivity index (χ1) is 4.66. The van der Waals surface area contributed by atoms with Crippen molar-refractivity contribution >= 4 is 11.8 Å². The van der Waals surface area contributed by atoms with E-state index < -0.39 is 0 Å². The van der Waals surface area contributed by atoms with Gasteiger partial charge in [-0.25, -0.2) is 10.9 Å². The second-order valence-electron chi connectivity index (χ2n) is 2.41. The van der Waals surface area contributed by atoms with Crippen LogP contribution in [0.2, 0.25) is 0 Å². The first-order valence-corrected chi connectivity index (χ1v) is 3.28. The van der Waals surface area contributed by atoms with Crippen LogP contribution in [0.1, 0.15) is 19.8 Å². The molecule has 1 heterocycles. The van der Waals surface area contributed by atoms with Gasteiger partial charge in [-0.1, -0.05) is 6.92 Å². The quantitative estimate of drug-likeness (QED) is 0.309. The highest BCUT2D eigenvalue weighted by Crippen LogP contribution is 2.18. The molecule has 4 nitrogen and oxygen atoms in total.